The first-order valence-electron chi connectivity index (χ1n) is 8.24. The fourth-order valence-electron chi connectivity index (χ4n) is 2.59. The number of sulfonamides is 1. The van der Waals surface area contributed by atoms with Crippen molar-refractivity contribution in [3.05, 3.63) is 59.7 Å². The molecule has 140 valence electrons. The van der Waals surface area contributed by atoms with Gasteiger partial charge in [0.2, 0.25) is 15.9 Å². The van der Waals surface area contributed by atoms with E-state index in [2.05, 4.69) is 5.32 Å². The minimum Gasteiger partial charge on any atom is -0.497 e. The number of anilines is 1. The molecule has 0 saturated carbocycles. The van der Waals surface area contributed by atoms with Crippen molar-refractivity contribution in [1.29, 1.82) is 0 Å². The zero-order chi connectivity index (χ0) is 19.2. The summed E-state index contributed by atoms with van der Waals surface area (Å²) >= 11 is 0. The van der Waals surface area contributed by atoms with Gasteiger partial charge in [-0.3, -0.25) is 9.10 Å². The molecular formula is C19H24N2O4S. The fourth-order valence-corrected chi connectivity index (χ4v) is 3.51. The molecule has 0 unspecified atom stereocenters. The van der Waals surface area contributed by atoms with Crippen molar-refractivity contribution in [3.63, 3.8) is 0 Å². The van der Waals surface area contributed by atoms with Crippen molar-refractivity contribution >= 4 is 21.6 Å². The second kappa shape index (κ2) is 8.71. The van der Waals surface area contributed by atoms with Crippen molar-refractivity contribution in [2.75, 3.05) is 30.8 Å². The number of carbonyl (C=O) groups excluding carboxylic acids is 1. The normalized spacial score (nSPS) is 11.0. The third kappa shape index (κ3) is 5.49. The van der Waals surface area contributed by atoms with Gasteiger partial charge in [-0.15, -0.1) is 0 Å². The maximum absolute atomic E-state index is 12.1. The van der Waals surface area contributed by atoms with E-state index in [0.717, 1.165) is 17.4 Å². The van der Waals surface area contributed by atoms with E-state index in [-0.39, 0.29) is 25.4 Å². The largest absolute Gasteiger partial charge is 0.497 e. The van der Waals surface area contributed by atoms with Gasteiger partial charge in [-0.05, 0) is 30.2 Å². The van der Waals surface area contributed by atoms with Crippen LogP contribution in [0.15, 0.2) is 48.5 Å². The van der Waals surface area contributed by atoms with Crippen LogP contribution >= 0.6 is 0 Å². The predicted octanol–water partition coefficient (Wildman–Crippen LogP) is 2.13. The van der Waals surface area contributed by atoms with Crippen LogP contribution < -0.4 is 14.4 Å². The van der Waals surface area contributed by atoms with E-state index in [9.17, 15) is 13.2 Å². The highest BCUT2D eigenvalue weighted by Crippen LogP contribution is 2.22. The zero-order valence-electron chi connectivity index (χ0n) is 15.2. The second-order valence-electron chi connectivity index (χ2n) is 5.99. The number of methoxy groups -OCH3 is 1. The van der Waals surface area contributed by atoms with E-state index in [1.54, 1.807) is 24.3 Å². The Morgan fingerprint density at radius 3 is 2.54 bits per heavy atom. The summed E-state index contributed by atoms with van der Waals surface area (Å²) in [5.41, 5.74) is 2.51. The van der Waals surface area contributed by atoms with Crippen LogP contribution in [0.5, 0.6) is 5.75 Å². The molecule has 0 radical (unpaired) electrons. The van der Waals surface area contributed by atoms with Crippen LogP contribution in [0.3, 0.4) is 0 Å². The Kier molecular flexibility index (Phi) is 6.63. The van der Waals surface area contributed by atoms with Gasteiger partial charge in [0, 0.05) is 12.6 Å². The molecule has 0 fully saturated rings. The van der Waals surface area contributed by atoms with Gasteiger partial charge in [0.05, 0.1) is 32.0 Å². The number of aryl methyl sites for hydroxylation is 1. The number of ether oxygens (including phenoxy) is 1. The predicted molar refractivity (Wildman–Crippen MR) is 103 cm³/mol. The van der Waals surface area contributed by atoms with Crippen LogP contribution in [0, 0.1) is 6.92 Å². The topological polar surface area (TPSA) is 75.7 Å². The highest BCUT2D eigenvalue weighted by molar-refractivity contribution is 7.92. The Bertz CT molecular complexity index is 865. The van der Waals surface area contributed by atoms with E-state index in [4.69, 9.17) is 4.74 Å². The summed E-state index contributed by atoms with van der Waals surface area (Å²) < 4.78 is 30.6. The molecule has 0 aliphatic heterocycles. The van der Waals surface area contributed by atoms with Gasteiger partial charge in [-0.1, -0.05) is 30.3 Å². The highest BCUT2D eigenvalue weighted by atomic mass is 32.2. The SMILES string of the molecule is COc1cccc(N(CCNC(=O)Cc2ccccc2C)S(C)(=O)=O)c1. The van der Waals surface area contributed by atoms with E-state index in [0.29, 0.717) is 11.4 Å². The van der Waals surface area contributed by atoms with Crippen LogP contribution in [-0.2, 0) is 21.2 Å². The van der Waals surface area contributed by atoms with Crippen LogP contribution in [0.2, 0.25) is 0 Å². The summed E-state index contributed by atoms with van der Waals surface area (Å²) in [4.78, 5) is 12.1. The zero-order valence-corrected chi connectivity index (χ0v) is 16.0. The molecule has 2 aromatic carbocycles. The van der Waals surface area contributed by atoms with E-state index in [1.807, 2.05) is 31.2 Å². The minimum absolute atomic E-state index is 0.140. The molecule has 0 atom stereocenters. The van der Waals surface area contributed by atoms with Crippen LogP contribution in [0.1, 0.15) is 11.1 Å². The number of nitrogens with one attached hydrogen (secondary N) is 1. The summed E-state index contributed by atoms with van der Waals surface area (Å²) in [7, 11) is -1.96. The fraction of sp³-hybridized carbons (Fsp3) is 0.316. The smallest absolute Gasteiger partial charge is 0.232 e. The quantitative estimate of drug-likeness (QED) is 0.766. The average Bonchev–Trinajstić information content (AvgIpc) is 2.59. The molecule has 26 heavy (non-hydrogen) atoms. The van der Waals surface area contributed by atoms with Gasteiger partial charge in [0.25, 0.3) is 0 Å². The molecule has 1 amide bonds. The Balaban J connectivity index is 1.99. The van der Waals surface area contributed by atoms with Gasteiger partial charge < -0.3 is 10.1 Å². The van der Waals surface area contributed by atoms with Crippen LogP contribution in [0.4, 0.5) is 5.69 Å². The molecule has 0 aliphatic carbocycles. The summed E-state index contributed by atoms with van der Waals surface area (Å²) in [6.07, 6.45) is 1.41. The number of benzene rings is 2. The van der Waals surface area contributed by atoms with Gasteiger partial charge in [0.1, 0.15) is 5.75 Å². The molecule has 2 rings (SSSR count). The third-order valence-electron chi connectivity index (χ3n) is 3.99. The van der Waals surface area contributed by atoms with E-state index >= 15 is 0 Å². The molecule has 0 bridgehead atoms. The summed E-state index contributed by atoms with van der Waals surface area (Å²) in [6.45, 7) is 2.32. The summed E-state index contributed by atoms with van der Waals surface area (Å²) in [6, 6.07) is 14.5. The van der Waals surface area contributed by atoms with Crippen molar-refractivity contribution in [3.8, 4) is 5.75 Å². The lowest BCUT2D eigenvalue weighted by molar-refractivity contribution is -0.120. The Labute approximate surface area is 154 Å². The first-order valence-corrected chi connectivity index (χ1v) is 10.1. The van der Waals surface area contributed by atoms with Gasteiger partial charge in [0.15, 0.2) is 0 Å². The van der Waals surface area contributed by atoms with Crippen LogP contribution in [-0.4, -0.2) is 40.8 Å². The lowest BCUT2D eigenvalue weighted by Gasteiger charge is -2.23. The Morgan fingerprint density at radius 2 is 1.88 bits per heavy atom. The number of rotatable bonds is 8. The van der Waals surface area contributed by atoms with Crippen molar-refractivity contribution in [1.82, 2.24) is 5.32 Å². The summed E-state index contributed by atoms with van der Waals surface area (Å²) in [5.74, 6) is 0.429. The third-order valence-corrected chi connectivity index (χ3v) is 5.19. The highest BCUT2D eigenvalue weighted by Gasteiger charge is 2.18. The number of hydrogen-bond donors (Lipinski definition) is 1. The molecule has 1 N–H and O–H groups in total. The molecule has 0 saturated heterocycles. The second-order valence-corrected chi connectivity index (χ2v) is 7.90. The van der Waals surface area contributed by atoms with Crippen LogP contribution in [0.25, 0.3) is 0 Å². The molecule has 2 aromatic rings. The van der Waals surface area contributed by atoms with E-state index < -0.39 is 10.0 Å². The van der Waals surface area contributed by atoms with E-state index in [1.165, 1.54) is 11.4 Å². The first kappa shape index (κ1) is 19.8. The van der Waals surface area contributed by atoms with Gasteiger partial charge in [-0.25, -0.2) is 8.42 Å². The Hall–Kier alpha value is -2.54. The molecule has 0 aliphatic rings. The van der Waals surface area contributed by atoms with Gasteiger partial charge in [-0.2, -0.15) is 0 Å². The molecular weight excluding hydrogens is 352 g/mol. The molecule has 7 heteroatoms. The average molecular weight is 376 g/mol. The van der Waals surface area contributed by atoms with Gasteiger partial charge >= 0.3 is 0 Å². The lowest BCUT2D eigenvalue weighted by Crippen LogP contribution is -2.38. The van der Waals surface area contributed by atoms with Crippen molar-refractivity contribution in [2.24, 2.45) is 0 Å². The molecule has 6 nitrogen and oxygen atoms in total. The number of amides is 1. The number of carbonyl (C=O) groups is 1. The molecule has 0 spiro atoms. The summed E-state index contributed by atoms with van der Waals surface area (Å²) in [5, 5.41) is 2.78. The standard InChI is InChI=1S/C19H24N2O4S/c1-15-7-4-5-8-16(15)13-19(22)20-11-12-21(26(3,23)24)17-9-6-10-18(14-17)25-2/h4-10,14H,11-13H2,1-3H3,(H,20,22). The number of nitrogens with zero attached hydrogens (tertiary/aromatic N) is 1. The minimum atomic E-state index is -3.48. The van der Waals surface area contributed by atoms with Crippen molar-refractivity contribution in [2.45, 2.75) is 13.3 Å². The lowest BCUT2D eigenvalue weighted by atomic mass is 10.1. The number of hydrogen-bond acceptors (Lipinski definition) is 4. The Morgan fingerprint density at radius 1 is 1.15 bits per heavy atom. The molecule has 0 aromatic heterocycles. The first-order chi connectivity index (χ1) is 12.3. The molecule has 0 heterocycles. The maximum atomic E-state index is 12.1. The monoisotopic (exact) mass is 376 g/mol. The van der Waals surface area contributed by atoms with Crippen molar-refractivity contribution < 1.29 is 17.9 Å². The maximum Gasteiger partial charge on any atom is 0.232 e.